The number of rotatable bonds is 5. The standard InChI is InChI=1S/C20H23FN4O2S/c1-24-14-23-19-18(24)6-10-22-20(19)28(26,27)17-8-12-25(13-9-17)11-7-15-2-4-16(21)5-3-15/h2-6,10,14,17H,7-9,11-13H2,1H3. The summed E-state index contributed by atoms with van der Waals surface area (Å²) < 4.78 is 41.1. The number of pyridine rings is 1. The van der Waals surface area contributed by atoms with Gasteiger partial charge in [-0.25, -0.2) is 22.8 Å². The van der Waals surface area contributed by atoms with E-state index in [1.807, 2.05) is 7.05 Å². The van der Waals surface area contributed by atoms with Crippen molar-refractivity contribution in [2.75, 3.05) is 19.6 Å². The molecule has 0 unspecified atom stereocenters. The van der Waals surface area contributed by atoms with Crippen LogP contribution in [0.3, 0.4) is 0 Å². The van der Waals surface area contributed by atoms with Gasteiger partial charge in [-0.15, -0.1) is 0 Å². The van der Waals surface area contributed by atoms with E-state index in [1.54, 1.807) is 29.1 Å². The zero-order valence-corrected chi connectivity index (χ0v) is 16.6. The fourth-order valence-corrected chi connectivity index (χ4v) is 5.57. The van der Waals surface area contributed by atoms with Crippen LogP contribution in [0.5, 0.6) is 0 Å². The number of aromatic nitrogens is 3. The van der Waals surface area contributed by atoms with Crippen LogP contribution in [0, 0.1) is 5.82 Å². The van der Waals surface area contributed by atoms with Gasteiger partial charge in [0.15, 0.2) is 5.03 Å². The number of aryl methyl sites for hydroxylation is 1. The van der Waals surface area contributed by atoms with Gasteiger partial charge in [0, 0.05) is 19.8 Å². The van der Waals surface area contributed by atoms with E-state index in [2.05, 4.69) is 14.9 Å². The van der Waals surface area contributed by atoms with E-state index in [4.69, 9.17) is 0 Å². The Morgan fingerprint density at radius 1 is 1.11 bits per heavy atom. The molecule has 3 aromatic rings. The van der Waals surface area contributed by atoms with Crippen molar-refractivity contribution >= 4 is 20.9 Å². The Morgan fingerprint density at radius 3 is 2.54 bits per heavy atom. The second-order valence-corrected chi connectivity index (χ2v) is 9.45. The zero-order valence-electron chi connectivity index (χ0n) is 15.8. The molecule has 1 aliphatic heterocycles. The number of imidazole rings is 1. The molecule has 1 aliphatic rings. The highest BCUT2D eigenvalue weighted by atomic mass is 32.2. The molecule has 0 bridgehead atoms. The summed E-state index contributed by atoms with van der Waals surface area (Å²) >= 11 is 0. The molecule has 1 saturated heterocycles. The minimum atomic E-state index is -3.53. The minimum absolute atomic E-state index is 0.0929. The van der Waals surface area contributed by atoms with Gasteiger partial charge in [0.1, 0.15) is 11.3 Å². The van der Waals surface area contributed by atoms with E-state index in [-0.39, 0.29) is 10.8 Å². The molecule has 2 aromatic heterocycles. The normalized spacial score (nSPS) is 16.6. The van der Waals surface area contributed by atoms with Gasteiger partial charge < -0.3 is 9.47 Å². The third kappa shape index (κ3) is 3.66. The lowest BCUT2D eigenvalue weighted by atomic mass is 10.1. The van der Waals surface area contributed by atoms with Gasteiger partial charge in [-0.2, -0.15) is 0 Å². The molecule has 0 amide bonds. The van der Waals surface area contributed by atoms with Crippen LogP contribution in [-0.2, 0) is 23.3 Å². The highest BCUT2D eigenvalue weighted by Gasteiger charge is 2.34. The molecule has 0 aliphatic carbocycles. The second-order valence-electron chi connectivity index (χ2n) is 7.30. The number of piperidine rings is 1. The highest BCUT2D eigenvalue weighted by Crippen LogP contribution is 2.27. The van der Waals surface area contributed by atoms with Crippen LogP contribution in [0.15, 0.2) is 47.9 Å². The Balaban J connectivity index is 1.41. The molecule has 148 valence electrons. The molecule has 28 heavy (non-hydrogen) atoms. The lowest BCUT2D eigenvalue weighted by molar-refractivity contribution is 0.232. The summed E-state index contributed by atoms with van der Waals surface area (Å²) in [6, 6.07) is 8.32. The first-order valence-corrected chi connectivity index (χ1v) is 11.0. The molecule has 6 nitrogen and oxygen atoms in total. The lowest BCUT2D eigenvalue weighted by Gasteiger charge is -2.31. The molecule has 0 saturated carbocycles. The summed E-state index contributed by atoms with van der Waals surface area (Å²) in [4.78, 5) is 10.7. The van der Waals surface area contributed by atoms with Gasteiger partial charge in [-0.05, 0) is 56.1 Å². The van der Waals surface area contributed by atoms with Gasteiger partial charge in [0.25, 0.3) is 0 Å². The molecule has 0 spiro atoms. The lowest BCUT2D eigenvalue weighted by Crippen LogP contribution is -2.40. The van der Waals surface area contributed by atoms with Crippen LogP contribution < -0.4 is 0 Å². The van der Waals surface area contributed by atoms with Crippen LogP contribution in [0.1, 0.15) is 18.4 Å². The third-order valence-corrected chi connectivity index (χ3v) is 7.67. The van der Waals surface area contributed by atoms with Crippen LogP contribution in [0.4, 0.5) is 4.39 Å². The molecule has 0 atom stereocenters. The van der Waals surface area contributed by atoms with Crippen LogP contribution in [-0.4, -0.2) is 52.7 Å². The average Bonchev–Trinajstić information content (AvgIpc) is 3.09. The summed E-state index contributed by atoms with van der Waals surface area (Å²) in [5, 5.41) is -0.343. The van der Waals surface area contributed by atoms with Gasteiger partial charge in [-0.1, -0.05) is 12.1 Å². The Labute approximate surface area is 163 Å². The van der Waals surface area contributed by atoms with Gasteiger partial charge in [0.05, 0.1) is 17.1 Å². The molecule has 1 fully saturated rings. The zero-order chi connectivity index (χ0) is 19.7. The van der Waals surface area contributed by atoms with E-state index in [0.29, 0.717) is 18.4 Å². The van der Waals surface area contributed by atoms with Gasteiger partial charge >= 0.3 is 0 Å². The SMILES string of the molecule is Cn1cnc2c(S(=O)(=O)C3CCN(CCc4ccc(F)cc4)CC3)nccc21. The summed E-state index contributed by atoms with van der Waals surface area (Å²) in [6.07, 6.45) is 5.14. The topological polar surface area (TPSA) is 68.1 Å². The summed E-state index contributed by atoms with van der Waals surface area (Å²) in [5.74, 6) is -0.230. The largest absolute Gasteiger partial charge is 0.334 e. The van der Waals surface area contributed by atoms with E-state index >= 15 is 0 Å². The van der Waals surface area contributed by atoms with Crippen molar-refractivity contribution in [3.05, 3.63) is 54.2 Å². The number of fused-ring (bicyclic) bond motifs is 1. The Morgan fingerprint density at radius 2 is 1.82 bits per heavy atom. The van der Waals surface area contributed by atoms with Crippen molar-refractivity contribution in [2.45, 2.75) is 29.5 Å². The maximum absolute atomic E-state index is 13.2. The minimum Gasteiger partial charge on any atom is -0.334 e. The maximum Gasteiger partial charge on any atom is 0.200 e. The van der Waals surface area contributed by atoms with Gasteiger partial charge in [0.2, 0.25) is 9.84 Å². The number of hydrogen-bond donors (Lipinski definition) is 0. The number of hydrogen-bond acceptors (Lipinski definition) is 5. The number of likely N-dealkylation sites (tertiary alicyclic amines) is 1. The number of halogens is 1. The Hall–Kier alpha value is -2.32. The molecule has 8 heteroatoms. The smallest absolute Gasteiger partial charge is 0.200 e. The first kappa shape index (κ1) is 19.0. The van der Waals surface area contributed by atoms with Crippen LogP contribution >= 0.6 is 0 Å². The first-order valence-electron chi connectivity index (χ1n) is 9.42. The Kier molecular flexibility index (Phi) is 5.16. The fourth-order valence-electron chi connectivity index (χ4n) is 3.79. The third-order valence-electron chi connectivity index (χ3n) is 5.48. The molecule has 1 aromatic carbocycles. The molecule has 0 N–H and O–H groups in total. The number of benzene rings is 1. The van der Waals surface area contributed by atoms with E-state index in [1.165, 1.54) is 18.3 Å². The first-order chi connectivity index (χ1) is 13.4. The molecule has 3 heterocycles. The molecular formula is C20H23FN4O2S. The molecule has 4 rings (SSSR count). The van der Waals surface area contributed by atoms with Crippen LogP contribution in [0.25, 0.3) is 11.0 Å². The molecule has 0 radical (unpaired) electrons. The number of nitrogens with zero attached hydrogens (tertiary/aromatic N) is 4. The van der Waals surface area contributed by atoms with Crippen molar-refractivity contribution in [1.82, 2.24) is 19.4 Å². The quantitative estimate of drug-likeness (QED) is 0.656. The van der Waals surface area contributed by atoms with Crippen molar-refractivity contribution in [2.24, 2.45) is 7.05 Å². The summed E-state index contributed by atoms with van der Waals surface area (Å²) in [5.41, 5.74) is 2.30. The predicted octanol–water partition coefficient (Wildman–Crippen LogP) is 2.59. The van der Waals surface area contributed by atoms with Crippen molar-refractivity contribution in [3.63, 3.8) is 0 Å². The van der Waals surface area contributed by atoms with Crippen LogP contribution in [0.2, 0.25) is 0 Å². The second kappa shape index (κ2) is 7.60. The highest BCUT2D eigenvalue weighted by molar-refractivity contribution is 7.92. The monoisotopic (exact) mass is 402 g/mol. The van der Waals surface area contributed by atoms with Crippen molar-refractivity contribution in [3.8, 4) is 0 Å². The molecular weight excluding hydrogens is 379 g/mol. The van der Waals surface area contributed by atoms with E-state index in [9.17, 15) is 12.8 Å². The van der Waals surface area contributed by atoms with E-state index in [0.717, 1.165) is 37.1 Å². The summed E-state index contributed by atoms with van der Waals surface area (Å²) in [7, 11) is -1.69. The van der Waals surface area contributed by atoms with E-state index < -0.39 is 15.1 Å². The number of sulfone groups is 1. The Bertz CT molecular complexity index is 1070. The van der Waals surface area contributed by atoms with Crippen molar-refractivity contribution in [1.29, 1.82) is 0 Å². The summed E-state index contributed by atoms with van der Waals surface area (Å²) in [6.45, 7) is 2.29. The maximum atomic E-state index is 13.2. The van der Waals surface area contributed by atoms with Gasteiger partial charge in [-0.3, -0.25) is 0 Å². The predicted molar refractivity (Wildman–Crippen MR) is 105 cm³/mol. The van der Waals surface area contributed by atoms with Crippen molar-refractivity contribution < 1.29 is 12.8 Å². The fraction of sp³-hybridized carbons (Fsp3) is 0.400. The average molecular weight is 402 g/mol.